The summed E-state index contributed by atoms with van der Waals surface area (Å²) in [6.07, 6.45) is 5.57. The van der Waals surface area contributed by atoms with E-state index in [1.165, 1.54) is 12.8 Å². The Hall–Kier alpha value is -1.55. The van der Waals surface area contributed by atoms with E-state index in [0.717, 1.165) is 41.9 Å². The minimum atomic E-state index is -0.0563. The molecule has 1 aromatic heterocycles. The Labute approximate surface area is 113 Å². The average Bonchev–Trinajstić information content (AvgIpc) is 2.95. The first-order valence-corrected chi connectivity index (χ1v) is 6.89. The van der Waals surface area contributed by atoms with E-state index in [0.29, 0.717) is 0 Å². The Morgan fingerprint density at radius 1 is 1.37 bits per heavy atom. The molecular formula is C15H21N3O. The highest BCUT2D eigenvalue weighted by atomic mass is 16.5. The van der Waals surface area contributed by atoms with Crippen LogP contribution in [0.4, 0.5) is 0 Å². The van der Waals surface area contributed by atoms with Gasteiger partial charge in [0.05, 0.1) is 18.1 Å². The van der Waals surface area contributed by atoms with Crippen LogP contribution in [0.5, 0.6) is 5.75 Å². The van der Waals surface area contributed by atoms with Gasteiger partial charge in [0.25, 0.3) is 0 Å². The van der Waals surface area contributed by atoms with Crippen LogP contribution in [0.2, 0.25) is 0 Å². The molecule has 1 saturated carbocycles. The standard InChI is InChI=1S/C15H21N3O/c1-18-13-6-5-11(19-2)9-12(13)17-14(18)10-15(16)7-3-4-8-15/h5-6,9H,3-4,7-8,10,16H2,1-2H3. The van der Waals surface area contributed by atoms with Crippen LogP contribution in [0.3, 0.4) is 0 Å². The van der Waals surface area contributed by atoms with Gasteiger partial charge >= 0.3 is 0 Å². The largest absolute Gasteiger partial charge is 0.497 e. The van der Waals surface area contributed by atoms with Crippen molar-refractivity contribution in [2.45, 2.75) is 37.6 Å². The van der Waals surface area contributed by atoms with Crippen molar-refractivity contribution >= 4 is 11.0 Å². The second kappa shape index (κ2) is 4.53. The molecular weight excluding hydrogens is 238 g/mol. The van der Waals surface area contributed by atoms with E-state index < -0.39 is 0 Å². The summed E-state index contributed by atoms with van der Waals surface area (Å²) in [5.74, 6) is 1.92. The minimum Gasteiger partial charge on any atom is -0.497 e. The number of aryl methyl sites for hydroxylation is 1. The minimum absolute atomic E-state index is 0.0563. The van der Waals surface area contributed by atoms with E-state index in [2.05, 4.69) is 17.7 Å². The lowest BCUT2D eigenvalue weighted by atomic mass is 9.94. The predicted octanol–water partition coefficient (Wildman–Crippen LogP) is 2.40. The van der Waals surface area contributed by atoms with Crippen molar-refractivity contribution in [3.63, 3.8) is 0 Å². The van der Waals surface area contributed by atoms with Gasteiger partial charge in [0.1, 0.15) is 11.6 Å². The van der Waals surface area contributed by atoms with Crippen LogP contribution in [-0.4, -0.2) is 22.2 Å². The van der Waals surface area contributed by atoms with Gasteiger partial charge in [-0.1, -0.05) is 12.8 Å². The maximum atomic E-state index is 6.46. The van der Waals surface area contributed by atoms with Crippen LogP contribution in [-0.2, 0) is 13.5 Å². The van der Waals surface area contributed by atoms with Crippen molar-refractivity contribution in [3.05, 3.63) is 24.0 Å². The smallest absolute Gasteiger partial charge is 0.121 e. The molecule has 4 heteroatoms. The van der Waals surface area contributed by atoms with E-state index in [4.69, 9.17) is 15.5 Å². The fourth-order valence-electron chi connectivity index (χ4n) is 3.09. The Morgan fingerprint density at radius 3 is 2.79 bits per heavy atom. The predicted molar refractivity (Wildman–Crippen MR) is 76.4 cm³/mol. The normalized spacial score (nSPS) is 18.1. The van der Waals surface area contributed by atoms with Crippen LogP contribution in [0.15, 0.2) is 18.2 Å². The third-order valence-electron chi connectivity index (χ3n) is 4.29. The molecule has 0 unspecified atom stereocenters. The summed E-state index contributed by atoms with van der Waals surface area (Å²) < 4.78 is 7.41. The van der Waals surface area contributed by atoms with Crippen LogP contribution in [0.25, 0.3) is 11.0 Å². The lowest BCUT2D eigenvalue weighted by molar-refractivity contribution is 0.415. The zero-order chi connectivity index (χ0) is 13.5. The van der Waals surface area contributed by atoms with Crippen LogP contribution in [0, 0.1) is 0 Å². The van der Waals surface area contributed by atoms with Gasteiger partial charge in [-0.2, -0.15) is 0 Å². The summed E-state index contributed by atoms with van der Waals surface area (Å²) in [4.78, 5) is 4.73. The maximum absolute atomic E-state index is 6.46. The molecule has 4 nitrogen and oxygen atoms in total. The monoisotopic (exact) mass is 259 g/mol. The Morgan fingerprint density at radius 2 is 2.11 bits per heavy atom. The highest BCUT2D eigenvalue weighted by molar-refractivity contribution is 5.77. The molecule has 3 rings (SSSR count). The summed E-state index contributed by atoms with van der Waals surface area (Å²) in [6.45, 7) is 0. The lowest BCUT2D eigenvalue weighted by Gasteiger charge is -2.22. The molecule has 0 aliphatic heterocycles. The number of hydrogen-bond acceptors (Lipinski definition) is 3. The maximum Gasteiger partial charge on any atom is 0.121 e. The molecule has 0 saturated heterocycles. The van der Waals surface area contributed by atoms with Gasteiger partial charge in [-0.3, -0.25) is 0 Å². The van der Waals surface area contributed by atoms with Gasteiger partial charge < -0.3 is 15.0 Å². The third-order valence-corrected chi connectivity index (χ3v) is 4.29. The highest BCUT2D eigenvalue weighted by Crippen LogP contribution is 2.31. The van der Waals surface area contributed by atoms with Gasteiger partial charge in [-0.25, -0.2) is 4.98 Å². The molecule has 102 valence electrons. The molecule has 1 heterocycles. The average molecular weight is 259 g/mol. The van der Waals surface area contributed by atoms with Gasteiger partial charge in [0.15, 0.2) is 0 Å². The number of nitrogens with zero attached hydrogens (tertiary/aromatic N) is 2. The van der Waals surface area contributed by atoms with Gasteiger partial charge in [-0.05, 0) is 25.0 Å². The number of ether oxygens (including phenoxy) is 1. The molecule has 1 aliphatic carbocycles. The molecule has 0 radical (unpaired) electrons. The topological polar surface area (TPSA) is 53.1 Å². The first kappa shape index (κ1) is 12.5. The van der Waals surface area contributed by atoms with Crippen molar-refractivity contribution in [1.82, 2.24) is 9.55 Å². The van der Waals surface area contributed by atoms with Crippen molar-refractivity contribution < 1.29 is 4.74 Å². The van der Waals surface area contributed by atoms with Gasteiger partial charge in [0, 0.05) is 25.1 Å². The van der Waals surface area contributed by atoms with Crippen molar-refractivity contribution in [2.75, 3.05) is 7.11 Å². The van der Waals surface area contributed by atoms with E-state index in [-0.39, 0.29) is 5.54 Å². The fourth-order valence-corrected chi connectivity index (χ4v) is 3.09. The fraction of sp³-hybridized carbons (Fsp3) is 0.533. The zero-order valence-corrected chi connectivity index (χ0v) is 11.6. The summed E-state index contributed by atoms with van der Waals surface area (Å²) in [6, 6.07) is 6.01. The number of nitrogens with two attached hydrogens (primary N) is 1. The second-order valence-corrected chi connectivity index (χ2v) is 5.69. The molecule has 0 bridgehead atoms. The van der Waals surface area contributed by atoms with Crippen LogP contribution >= 0.6 is 0 Å². The highest BCUT2D eigenvalue weighted by Gasteiger charge is 2.31. The summed E-state index contributed by atoms with van der Waals surface area (Å²) in [5.41, 5.74) is 8.52. The molecule has 0 atom stereocenters. The molecule has 2 N–H and O–H groups in total. The quantitative estimate of drug-likeness (QED) is 0.921. The number of methoxy groups -OCH3 is 1. The van der Waals surface area contributed by atoms with E-state index in [9.17, 15) is 0 Å². The number of aromatic nitrogens is 2. The summed E-state index contributed by atoms with van der Waals surface area (Å²) in [5, 5.41) is 0. The summed E-state index contributed by atoms with van der Waals surface area (Å²) in [7, 11) is 3.74. The first-order valence-electron chi connectivity index (χ1n) is 6.89. The van der Waals surface area contributed by atoms with E-state index in [1.807, 2.05) is 12.1 Å². The SMILES string of the molecule is COc1ccc2c(c1)nc(CC1(N)CCCC1)n2C. The first-order chi connectivity index (χ1) is 9.11. The van der Waals surface area contributed by atoms with Gasteiger partial charge in [0.2, 0.25) is 0 Å². The Kier molecular flexibility index (Phi) is 2.97. The van der Waals surface area contributed by atoms with Gasteiger partial charge in [-0.15, -0.1) is 0 Å². The molecule has 1 aromatic carbocycles. The van der Waals surface area contributed by atoms with Crippen molar-refractivity contribution in [2.24, 2.45) is 12.8 Å². The van der Waals surface area contributed by atoms with Crippen molar-refractivity contribution in [3.8, 4) is 5.75 Å². The van der Waals surface area contributed by atoms with Crippen LogP contribution in [0.1, 0.15) is 31.5 Å². The summed E-state index contributed by atoms with van der Waals surface area (Å²) >= 11 is 0. The number of hydrogen-bond donors (Lipinski definition) is 1. The van der Waals surface area contributed by atoms with Crippen molar-refractivity contribution in [1.29, 1.82) is 0 Å². The molecule has 0 spiro atoms. The number of imidazole rings is 1. The third kappa shape index (κ3) is 2.21. The zero-order valence-electron chi connectivity index (χ0n) is 11.6. The molecule has 0 amide bonds. The Balaban J connectivity index is 1.97. The second-order valence-electron chi connectivity index (χ2n) is 5.69. The Bertz CT molecular complexity index is 597. The number of fused-ring (bicyclic) bond motifs is 1. The molecule has 1 fully saturated rings. The molecule has 1 aliphatic rings. The van der Waals surface area contributed by atoms with Crippen LogP contribution < -0.4 is 10.5 Å². The number of benzene rings is 1. The van der Waals surface area contributed by atoms with E-state index >= 15 is 0 Å². The lowest BCUT2D eigenvalue weighted by Crippen LogP contribution is -2.39. The number of rotatable bonds is 3. The molecule has 19 heavy (non-hydrogen) atoms. The molecule has 2 aromatic rings. The van der Waals surface area contributed by atoms with E-state index in [1.54, 1.807) is 7.11 Å².